The van der Waals surface area contributed by atoms with Gasteiger partial charge in [0.2, 0.25) is 5.91 Å². The van der Waals surface area contributed by atoms with E-state index in [0.29, 0.717) is 5.75 Å². The summed E-state index contributed by atoms with van der Waals surface area (Å²) in [6.07, 6.45) is 1.64. The molecule has 2 aromatic rings. The Morgan fingerprint density at radius 3 is 2.04 bits per heavy atom. The van der Waals surface area contributed by atoms with Gasteiger partial charge in [0.05, 0.1) is 12.0 Å². The lowest BCUT2D eigenvalue weighted by molar-refractivity contribution is -0.125. The highest BCUT2D eigenvalue weighted by atomic mass is 32.2. The number of rotatable bonds is 7. The second kappa shape index (κ2) is 8.76. The summed E-state index contributed by atoms with van der Waals surface area (Å²) in [5.41, 5.74) is 8.11. The number of amides is 1. The average molecular weight is 344 g/mol. The van der Waals surface area contributed by atoms with Crippen LogP contribution in [-0.2, 0) is 15.6 Å². The zero-order chi connectivity index (χ0) is 17.5. The van der Waals surface area contributed by atoms with E-state index in [4.69, 9.17) is 5.73 Å². The Morgan fingerprint density at radius 2 is 1.54 bits per heavy atom. The molecule has 5 heteroatoms. The third kappa shape index (κ3) is 5.01. The summed E-state index contributed by atoms with van der Waals surface area (Å²) in [4.78, 5) is 12.6. The predicted octanol–water partition coefficient (Wildman–Crippen LogP) is 2.56. The quantitative estimate of drug-likeness (QED) is 0.811. The zero-order valence-corrected chi connectivity index (χ0v) is 14.8. The number of carbonyl (C=O) groups is 1. The Hall–Kier alpha value is -1.98. The normalized spacial score (nSPS) is 16.0. The van der Waals surface area contributed by atoms with E-state index >= 15 is 0 Å². The van der Waals surface area contributed by atoms with Crippen LogP contribution < -0.4 is 11.1 Å². The van der Waals surface area contributed by atoms with Crippen molar-refractivity contribution < 1.29 is 9.00 Å². The molecule has 0 aliphatic heterocycles. The van der Waals surface area contributed by atoms with E-state index in [-0.39, 0.29) is 23.9 Å². The van der Waals surface area contributed by atoms with Crippen molar-refractivity contribution in [1.29, 1.82) is 0 Å². The van der Waals surface area contributed by atoms with Crippen molar-refractivity contribution in [1.82, 2.24) is 5.32 Å². The first kappa shape index (κ1) is 18.4. The Labute approximate surface area is 145 Å². The van der Waals surface area contributed by atoms with E-state index in [1.54, 1.807) is 6.26 Å². The fraction of sp³-hybridized carbons (Fsp3) is 0.316. The lowest BCUT2D eigenvalue weighted by Crippen LogP contribution is -2.39. The average Bonchev–Trinajstić information content (AvgIpc) is 2.61. The summed E-state index contributed by atoms with van der Waals surface area (Å²) in [6, 6.07) is 18.5. The molecule has 2 aromatic carbocycles. The Balaban J connectivity index is 2.10. The van der Waals surface area contributed by atoms with Crippen molar-refractivity contribution in [3.63, 3.8) is 0 Å². The van der Waals surface area contributed by atoms with E-state index in [1.807, 2.05) is 67.6 Å². The molecule has 0 heterocycles. The summed E-state index contributed by atoms with van der Waals surface area (Å²) in [7, 11) is -1.02. The molecule has 128 valence electrons. The molecule has 0 saturated heterocycles. The van der Waals surface area contributed by atoms with Crippen LogP contribution in [-0.4, -0.2) is 22.1 Å². The molecule has 2 rings (SSSR count). The van der Waals surface area contributed by atoms with E-state index in [0.717, 1.165) is 11.1 Å². The molecule has 24 heavy (non-hydrogen) atoms. The molecule has 1 amide bonds. The van der Waals surface area contributed by atoms with E-state index in [9.17, 15) is 9.00 Å². The molecule has 4 atom stereocenters. The maximum absolute atomic E-state index is 12.6. The van der Waals surface area contributed by atoms with Gasteiger partial charge < -0.3 is 11.1 Å². The first-order chi connectivity index (χ1) is 11.5. The maximum atomic E-state index is 12.6. The standard InChI is InChI=1S/C19H24N2O2S/c1-14(18(20)16-11-7-4-8-12-16)19(22)21-17(13-24(2)23)15-9-5-3-6-10-15/h3-12,14,17-18H,13,20H2,1-2H3,(H,21,22). The highest BCUT2D eigenvalue weighted by Gasteiger charge is 2.25. The van der Waals surface area contributed by atoms with Gasteiger partial charge in [-0.2, -0.15) is 0 Å². The second-order valence-electron chi connectivity index (χ2n) is 5.94. The van der Waals surface area contributed by atoms with Gasteiger partial charge in [0.25, 0.3) is 0 Å². The molecular formula is C19H24N2O2S. The number of hydrogen-bond donors (Lipinski definition) is 2. The SMILES string of the molecule is CC(C(=O)NC(CS(C)=O)c1ccccc1)C(N)c1ccccc1. The third-order valence-corrected chi connectivity index (χ3v) is 4.86. The monoisotopic (exact) mass is 344 g/mol. The summed E-state index contributed by atoms with van der Waals surface area (Å²) >= 11 is 0. The van der Waals surface area contributed by atoms with Gasteiger partial charge in [-0.3, -0.25) is 9.00 Å². The Bertz CT molecular complexity index is 676. The summed E-state index contributed by atoms with van der Waals surface area (Å²) in [5.74, 6) is -0.141. The molecule has 0 saturated carbocycles. The number of benzene rings is 2. The maximum Gasteiger partial charge on any atom is 0.225 e. The largest absolute Gasteiger partial charge is 0.348 e. The number of carbonyl (C=O) groups excluding carboxylic acids is 1. The van der Waals surface area contributed by atoms with Crippen molar-refractivity contribution in [2.75, 3.05) is 12.0 Å². The molecule has 0 fully saturated rings. The van der Waals surface area contributed by atoms with Crippen LogP contribution >= 0.6 is 0 Å². The minimum atomic E-state index is -1.02. The van der Waals surface area contributed by atoms with Crippen molar-refractivity contribution >= 4 is 16.7 Å². The fourth-order valence-corrected chi connectivity index (χ4v) is 3.32. The molecule has 0 bridgehead atoms. The highest BCUT2D eigenvalue weighted by molar-refractivity contribution is 7.84. The van der Waals surface area contributed by atoms with Crippen LogP contribution in [0.25, 0.3) is 0 Å². The van der Waals surface area contributed by atoms with Crippen LogP contribution in [0.1, 0.15) is 30.1 Å². The van der Waals surface area contributed by atoms with Crippen molar-refractivity contribution in [3.05, 3.63) is 71.8 Å². The molecule has 0 radical (unpaired) electrons. The van der Waals surface area contributed by atoms with Crippen molar-refractivity contribution in [2.45, 2.75) is 19.0 Å². The second-order valence-corrected chi connectivity index (χ2v) is 7.42. The van der Waals surface area contributed by atoms with Crippen LogP contribution in [0.4, 0.5) is 0 Å². The van der Waals surface area contributed by atoms with E-state index < -0.39 is 10.8 Å². The number of hydrogen-bond acceptors (Lipinski definition) is 3. The molecule has 3 N–H and O–H groups in total. The first-order valence-corrected chi connectivity index (χ1v) is 9.67. The lowest BCUT2D eigenvalue weighted by Gasteiger charge is -2.24. The number of nitrogens with two attached hydrogens (primary N) is 1. The van der Waals surface area contributed by atoms with E-state index in [1.165, 1.54) is 0 Å². The molecule has 4 unspecified atom stereocenters. The van der Waals surface area contributed by atoms with Gasteiger partial charge in [-0.15, -0.1) is 0 Å². The summed E-state index contributed by atoms with van der Waals surface area (Å²) in [6.45, 7) is 1.82. The van der Waals surface area contributed by atoms with Crippen LogP contribution in [0.2, 0.25) is 0 Å². The molecule has 0 aromatic heterocycles. The summed E-state index contributed by atoms with van der Waals surface area (Å²) in [5, 5.41) is 3.00. The van der Waals surface area contributed by atoms with Crippen molar-refractivity contribution in [2.24, 2.45) is 11.7 Å². The minimum Gasteiger partial charge on any atom is -0.348 e. The van der Waals surface area contributed by atoms with Gasteiger partial charge in [-0.25, -0.2) is 0 Å². The van der Waals surface area contributed by atoms with Crippen LogP contribution in [0, 0.1) is 5.92 Å². The topological polar surface area (TPSA) is 72.2 Å². The molecule has 4 nitrogen and oxygen atoms in total. The third-order valence-electron chi connectivity index (χ3n) is 4.06. The minimum absolute atomic E-state index is 0.134. The zero-order valence-electron chi connectivity index (χ0n) is 14.0. The van der Waals surface area contributed by atoms with Gasteiger partial charge in [-0.05, 0) is 11.1 Å². The van der Waals surface area contributed by atoms with Gasteiger partial charge in [0.15, 0.2) is 0 Å². The molecular weight excluding hydrogens is 320 g/mol. The van der Waals surface area contributed by atoms with Crippen molar-refractivity contribution in [3.8, 4) is 0 Å². The van der Waals surface area contributed by atoms with Gasteiger partial charge in [0, 0.05) is 28.9 Å². The van der Waals surface area contributed by atoms with E-state index in [2.05, 4.69) is 5.32 Å². The van der Waals surface area contributed by atoms with Gasteiger partial charge in [-0.1, -0.05) is 67.6 Å². The number of nitrogens with one attached hydrogen (secondary N) is 1. The highest BCUT2D eigenvalue weighted by Crippen LogP contribution is 2.21. The molecule has 0 spiro atoms. The molecule has 0 aliphatic rings. The predicted molar refractivity (Wildman–Crippen MR) is 98.8 cm³/mol. The fourth-order valence-electron chi connectivity index (χ4n) is 2.57. The van der Waals surface area contributed by atoms with Crippen LogP contribution in [0.3, 0.4) is 0 Å². The Kier molecular flexibility index (Phi) is 6.70. The van der Waals surface area contributed by atoms with Crippen LogP contribution in [0.5, 0.6) is 0 Å². The van der Waals surface area contributed by atoms with Crippen LogP contribution in [0.15, 0.2) is 60.7 Å². The first-order valence-electron chi connectivity index (χ1n) is 7.95. The smallest absolute Gasteiger partial charge is 0.225 e. The summed E-state index contributed by atoms with van der Waals surface area (Å²) < 4.78 is 11.7. The van der Waals surface area contributed by atoms with Gasteiger partial charge >= 0.3 is 0 Å². The Morgan fingerprint density at radius 1 is 1.04 bits per heavy atom. The molecule has 0 aliphatic carbocycles. The lowest BCUT2D eigenvalue weighted by atomic mass is 9.94. The van der Waals surface area contributed by atoms with Gasteiger partial charge in [0.1, 0.15) is 0 Å².